The average molecular weight is 310 g/mol. The summed E-state index contributed by atoms with van der Waals surface area (Å²) in [6.07, 6.45) is 3.50. The molecular formula is C13H18N4O5. The van der Waals surface area contributed by atoms with Crippen molar-refractivity contribution in [2.24, 2.45) is 0 Å². The molecule has 2 aromatic heterocycles. The van der Waals surface area contributed by atoms with E-state index in [0.29, 0.717) is 0 Å². The Hall–Kier alpha value is -2.39. The fourth-order valence-electron chi connectivity index (χ4n) is 2.46. The molecule has 2 N–H and O–H groups in total. The lowest BCUT2D eigenvalue weighted by molar-refractivity contribution is -0.742. The minimum Gasteiger partial charge on any atom is -0.464 e. The fourth-order valence-corrected chi connectivity index (χ4v) is 2.46. The summed E-state index contributed by atoms with van der Waals surface area (Å²) in [4.78, 5) is 17.4. The molecular weight excluding hydrogens is 292 g/mol. The van der Waals surface area contributed by atoms with Crippen LogP contribution in [0.2, 0.25) is 0 Å². The molecule has 1 saturated heterocycles. The number of aromatic nitrogens is 1. The largest absolute Gasteiger partial charge is 0.464 e. The van der Waals surface area contributed by atoms with Crippen LogP contribution in [0.25, 0.3) is 11.0 Å². The Morgan fingerprint density at radius 3 is 2.64 bits per heavy atom. The highest BCUT2D eigenvalue weighted by Crippen LogP contribution is 2.25. The Labute approximate surface area is 126 Å². The molecule has 1 aliphatic rings. The summed E-state index contributed by atoms with van der Waals surface area (Å²) in [7, 11) is 0. The zero-order chi connectivity index (χ0) is 15.9. The number of nitrogens with zero attached hydrogens (tertiary/aromatic N) is 4. The van der Waals surface area contributed by atoms with E-state index in [0.717, 1.165) is 49.5 Å². The second-order valence-electron chi connectivity index (χ2n) is 4.76. The van der Waals surface area contributed by atoms with Crippen LogP contribution in [0.15, 0.2) is 29.0 Å². The predicted octanol–water partition coefficient (Wildman–Crippen LogP) is 0.594. The summed E-state index contributed by atoms with van der Waals surface area (Å²) in [5.74, 6) is 1.00. The van der Waals surface area contributed by atoms with Crippen molar-refractivity contribution < 1.29 is 19.8 Å². The van der Waals surface area contributed by atoms with Gasteiger partial charge >= 0.3 is 0 Å². The lowest BCUT2D eigenvalue weighted by atomic mass is 10.2. The second-order valence-corrected chi connectivity index (χ2v) is 4.76. The van der Waals surface area contributed by atoms with Crippen LogP contribution in [0.3, 0.4) is 0 Å². The number of β-amino-alcohol motifs (C(OH)–C–C–N with tert-alkyl or cyclic N) is 1. The average Bonchev–Trinajstić information content (AvgIpc) is 2.96. The molecule has 22 heavy (non-hydrogen) atoms. The van der Waals surface area contributed by atoms with Crippen LogP contribution in [0.5, 0.6) is 0 Å². The number of fused-ring (bicyclic) bond motifs is 1. The van der Waals surface area contributed by atoms with E-state index in [2.05, 4.69) is 14.8 Å². The third-order valence-corrected chi connectivity index (χ3v) is 3.45. The Kier molecular flexibility index (Phi) is 5.50. The summed E-state index contributed by atoms with van der Waals surface area (Å²) in [5, 5.41) is 23.7. The molecule has 0 unspecified atom stereocenters. The summed E-state index contributed by atoms with van der Waals surface area (Å²) in [5.41, 5.74) is 0.887. The van der Waals surface area contributed by atoms with Gasteiger partial charge in [0.1, 0.15) is 11.4 Å². The van der Waals surface area contributed by atoms with E-state index < -0.39 is 5.09 Å². The molecule has 120 valence electrons. The molecule has 1 aliphatic heterocycles. The van der Waals surface area contributed by atoms with Gasteiger partial charge in [0.25, 0.3) is 5.09 Å². The number of aliphatic hydroxyl groups excluding tert-OH is 1. The molecule has 0 spiro atoms. The highest BCUT2D eigenvalue weighted by molar-refractivity contribution is 5.88. The number of piperazine rings is 1. The number of hydrogen-bond donors (Lipinski definition) is 2. The number of aliphatic hydroxyl groups is 1. The number of rotatable bonds is 3. The number of pyridine rings is 1. The Morgan fingerprint density at radius 2 is 2.00 bits per heavy atom. The predicted molar refractivity (Wildman–Crippen MR) is 78.5 cm³/mol. The van der Waals surface area contributed by atoms with Gasteiger partial charge in [-0.2, -0.15) is 0 Å². The molecule has 1 fully saturated rings. The highest BCUT2D eigenvalue weighted by Gasteiger charge is 2.19. The standard InChI is InChI=1S/C13H17N3O2.HNO3/c17-9-8-15-4-6-16(7-5-15)13-11-2-10-18-12(11)1-3-14-13;2-1(3)4/h1-3,10,17H,4-9H2;(H,2,3,4). The lowest BCUT2D eigenvalue weighted by Gasteiger charge is -2.35. The first-order chi connectivity index (χ1) is 10.6. The molecule has 0 aromatic carbocycles. The SMILES string of the molecule is O=[N+]([O-])O.OCCN1CCN(c2nccc3occc23)CC1. The van der Waals surface area contributed by atoms with Crippen LogP contribution in [-0.2, 0) is 0 Å². The molecule has 0 amide bonds. The van der Waals surface area contributed by atoms with E-state index in [1.54, 1.807) is 12.5 Å². The third kappa shape index (κ3) is 4.06. The summed E-state index contributed by atoms with van der Waals surface area (Å²) < 4.78 is 5.40. The van der Waals surface area contributed by atoms with Gasteiger partial charge in [0.15, 0.2) is 0 Å². The maximum Gasteiger partial charge on any atom is 0.291 e. The first kappa shape index (κ1) is 16.0. The van der Waals surface area contributed by atoms with Crippen molar-refractivity contribution in [3.8, 4) is 0 Å². The Balaban J connectivity index is 0.000000396. The van der Waals surface area contributed by atoms with Crippen molar-refractivity contribution >= 4 is 16.8 Å². The van der Waals surface area contributed by atoms with Crippen LogP contribution >= 0.6 is 0 Å². The minimum atomic E-state index is -1.50. The highest BCUT2D eigenvalue weighted by atomic mass is 16.9. The second kappa shape index (κ2) is 7.57. The molecule has 0 saturated carbocycles. The van der Waals surface area contributed by atoms with Gasteiger partial charge in [-0.25, -0.2) is 4.98 Å². The maximum atomic E-state index is 8.93. The van der Waals surface area contributed by atoms with Crippen LogP contribution in [0, 0.1) is 10.1 Å². The van der Waals surface area contributed by atoms with E-state index in [9.17, 15) is 0 Å². The van der Waals surface area contributed by atoms with E-state index in [-0.39, 0.29) is 6.61 Å². The van der Waals surface area contributed by atoms with Gasteiger partial charge in [-0.1, -0.05) is 0 Å². The molecule has 0 aliphatic carbocycles. The maximum absolute atomic E-state index is 8.93. The smallest absolute Gasteiger partial charge is 0.291 e. The van der Waals surface area contributed by atoms with E-state index in [1.807, 2.05) is 12.1 Å². The van der Waals surface area contributed by atoms with Crippen molar-refractivity contribution in [1.82, 2.24) is 9.88 Å². The van der Waals surface area contributed by atoms with Gasteiger partial charge in [-0.05, 0) is 12.1 Å². The molecule has 0 radical (unpaired) electrons. The Bertz CT molecular complexity index is 605. The van der Waals surface area contributed by atoms with Gasteiger partial charge in [-0.15, -0.1) is 10.1 Å². The van der Waals surface area contributed by atoms with Crippen LogP contribution in [0.4, 0.5) is 5.82 Å². The first-order valence-electron chi connectivity index (χ1n) is 6.85. The van der Waals surface area contributed by atoms with Gasteiger partial charge in [0.2, 0.25) is 0 Å². The summed E-state index contributed by atoms with van der Waals surface area (Å²) in [6.45, 7) is 4.81. The zero-order valence-electron chi connectivity index (χ0n) is 12.0. The van der Waals surface area contributed by atoms with Crippen LogP contribution in [0.1, 0.15) is 0 Å². The van der Waals surface area contributed by atoms with Crippen LogP contribution in [-0.4, -0.2) is 64.6 Å². The molecule has 3 rings (SSSR count). The molecule has 9 heteroatoms. The quantitative estimate of drug-likeness (QED) is 0.625. The summed E-state index contributed by atoms with van der Waals surface area (Å²) in [6, 6.07) is 3.86. The fraction of sp³-hybridized carbons (Fsp3) is 0.462. The lowest BCUT2D eigenvalue weighted by Crippen LogP contribution is -2.47. The van der Waals surface area contributed by atoms with Crippen molar-refractivity contribution in [2.45, 2.75) is 0 Å². The van der Waals surface area contributed by atoms with Gasteiger partial charge in [0, 0.05) is 38.9 Å². The van der Waals surface area contributed by atoms with E-state index in [1.165, 1.54) is 0 Å². The summed E-state index contributed by atoms with van der Waals surface area (Å²) >= 11 is 0. The van der Waals surface area contributed by atoms with Crippen molar-refractivity contribution in [3.05, 3.63) is 34.7 Å². The van der Waals surface area contributed by atoms with Crippen molar-refractivity contribution in [3.63, 3.8) is 0 Å². The van der Waals surface area contributed by atoms with E-state index in [4.69, 9.17) is 24.8 Å². The normalized spacial score (nSPS) is 15.4. The van der Waals surface area contributed by atoms with Gasteiger partial charge in [0.05, 0.1) is 18.3 Å². The number of furan rings is 1. The number of anilines is 1. The zero-order valence-corrected chi connectivity index (χ0v) is 12.0. The molecule has 9 nitrogen and oxygen atoms in total. The monoisotopic (exact) mass is 310 g/mol. The first-order valence-corrected chi connectivity index (χ1v) is 6.85. The van der Waals surface area contributed by atoms with Gasteiger partial charge in [-0.3, -0.25) is 4.90 Å². The van der Waals surface area contributed by atoms with Crippen LogP contribution < -0.4 is 4.90 Å². The van der Waals surface area contributed by atoms with Gasteiger partial charge < -0.3 is 19.6 Å². The molecule has 0 bridgehead atoms. The minimum absolute atomic E-state index is 0.232. The van der Waals surface area contributed by atoms with E-state index >= 15 is 0 Å². The van der Waals surface area contributed by atoms with Crippen molar-refractivity contribution in [1.29, 1.82) is 0 Å². The molecule has 3 heterocycles. The number of hydrogen-bond acceptors (Lipinski definition) is 7. The topological polar surface area (TPSA) is 116 Å². The third-order valence-electron chi connectivity index (χ3n) is 3.45. The molecule has 0 atom stereocenters. The Morgan fingerprint density at radius 1 is 1.32 bits per heavy atom. The molecule has 2 aromatic rings. The van der Waals surface area contributed by atoms with Crippen molar-refractivity contribution in [2.75, 3.05) is 44.2 Å².